The molecule has 3 heteroatoms. The predicted octanol–water partition coefficient (Wildman–Crippen LogP) is -0.0772. The topological polar surface area (TPSA) is 23.6 Å². The molecule has 2 aliphatic rings. The third kappa shape index (κ3) is 0.692. The van der Waals surface area contributed by atoms with Crippen LogP contribution in [0, 0.1) is 0 Å². The number of amides is 1. The molecule has 0 aliphatic carbocycles. The lowest BCUT2D eigenvalue weighted by Gasteiger charge is -2.48. The number of rotatable bonds is 0. The van der Waals surface area contributed by atoms with Crippen molar-refractivity contribution in [1.82, 2.24) is 9.80 Å². The number of carbonyl (C=O) groups is 1. The Hall–Kier alpha value is -0.570. The third-order valence-electron chi connectivity index (χ3n) is 3.06. The lowest BCUT2D eigenvalue weighted by Crippen LogP contribution is -2.69. The Balaban J connectivity index is 2.19. The molecule has 0 aromatic carbocycles. The van der Waals surface area contributed by atoms with Crippen molar-refractivity contribution in [3.05, 3.63) is 0 Å². The van der Waals surface area contributed by atoms with E-state index in [0.717, 1.165) is 19.5 Å². The van der Waals surface area contributed by atoms with E-state index in [-0.39, 0.29) is 5.54 Å². The summed E-state index contributed by atoms with van der Waals surface area (Å²) in [5, 5.41) is 0. The first-order chi connectivity index (χ1) is 5.17. The van der Waals surface area contributed by atoms with Gasteiger partial charge in [-0.2, -0.15) is 0 Å². The first kappa shape index (κ1) is 7.10. The molecule has 1 spiro atoms. The molecule has 3 nitrogen and oxygen atoms in total. The zero-order valence-electron chi connectivity index (χ0n) is 7.13. The molecule has 0 saturated carbocycles. The molecule has 2 rings (SSSR count). The fourth-order valence-corrected chi connectivity index (χ4v) is 2.28. The van der Waals surface area contributed by atoms with Gasteiger partial charge in [0.15, 0.2) is 0 Å². The molecule has 62 valence electrons. The molecular weight excluding hydrogens is 140 g/mol. The van der Waals surface area contributed by atoms with Crippen LogP contribution in [0.15, 0.2) is 0 Å². The fourth-order valence-electron chi connectivity index (χ4n) is 2.28. The van der Waals surface area contributed by atoms with E-state index in [2.05, 4.69) is 11.9 Å². The van der Waals surface area contributed by atoms with E-state index in [1.807, 2.05) is 11.9 Å². The number of nitrogens with zero attached hydrogens (tertiary/aromatic N) is 2. The van der Waals surface area contributed by atoms with Crippen LogP contribution in [0.1, 0.15) is 12.8 Å². The Morgan fingerprint density at radius 3 is 2.55 bits per heavy atom. The van der Waals surface area contributed by atoms with Gasteiger partial charge in [-0.3, -0.25) is 9.69 Å². The Bertz CT molecular complexity index is 204. The highest BCUT2D eigenvalue weighted by Gasteiger charge is 2.55. The minimum atomic E-state index is -0.0747. The maximum atomic E-state index is 11.5. The van der Waals surface area contributed by atoms with Crippen LogP contribution in [-0.4, -0.2) is 48.4 Å². The van der Waals surface area contributed by atoms with E-state index in [9.17, 15) is 4.79 Å². The second-order valence-electron chi connectivity index (χ2n) is 3.72. The average Bonchev–Trinajstić information content (AvgIpc) is 2.35. The summed E-state index contributed by atoms with van der Waals surface area (Å²) < 4.78 is 0. The minimum absolute atomic E-state index is 0.0747. The van der Waals surface area contributed by atoms with Gasteiger partial charge in [0, 0.05) is 13.6 Å². The summed E-state index contributed by atoms with van der Waals surface area (Å²) in [7, 11) is 3.93. The first-order valence-electron chi connectivity index (χ1n) is 4.14. The normalized spacial score (nSPS) is 38.4. The van der Waals surface area contributed by atoms with E-state index < -0.39 is 0 Å². The van der Waals surface area contributed by atoms with Crippen molar-refractivity contribution in [1.29, 1.82) is 0 Å². The van der Waals surface area contributed by atoms with Crippen molar-refractivity contribution in [2.75, 3.05) is 27.2 Å². The minimum Gasteiger partial charge on any atom is -0.342 e. The molecule has 0 aromatic heterocycles. The summed E-state index contributed by atoms with van der Waals surface area (Å²) in [4.78, 5) is 15.5. The lowest BCUT2D eigenvalue weighted by atomic mass is 9.87. The zero-order valence-corrected chi connectivity index (χ0v) is 7.13. The molecular formula is C8H14N2O. The smallest absolute Gasteiger partial charge is 0.244 e. The summed E-state index contributed by atoms with van der Waals surface area (Å²) >= 11 is 0. The van der Waals surface area contributed by atoms with Gasteiger partial charge in [-0.15, -0.1) is 0 Å². The van der Waals surface area contributed by atoms with E-state index in [1.54, 1.807) is 0 Å². The predicted molar refractivity (Wildman–Crippen MR) is 42.2 cm³/mol. The largest absolute Gasteiger partial charge is 0.342 e. The highest BCUT2D eigenvalue weighted by atomic mass is 16.2. The van der Waals surface area contributed by atoms with E-state index >= 15 is 0 Å². The molecule has 0 radical (unpaired) electrons. The number of hydrogen-bond acceptors (Lipinski definition) is 2. The maximum absolute atomic E-state index is 11.5. The van der Waals surface area contributed by atoms with E-state index in [0.29, 0.717) is 5.91 Å². The highest BCUT2D eigenvalue weighted by Crippen LogP contribution is 2.36. The van der Waals surface area contributed by atoms with Crippen LogP contribution < -0.4 is 0 Å². The van der Waals surface area contributed by atoms with Gasteiger partial charge in [-0.1, -0.05) is 0 Å². The molecule has 0 bridgehead atoms. The van der Waals surface area contributed by atoms with Gasteiger partial charge in [0.25, 0.3) is 0 Å². The molecule has 0 N–H and O–H groups in total. The highest BCUT2D eigenvalue weighted by molar-refractivity contribution is 5.92. The quantitative estimate of drug-likeness (QED) is 0.456. The second kappa shape index (κ2) is 1.97. The SMILES string of the molecule is CN1CC2(CCCN2C)C1=O. The van der Waals surface area contributed by atoms with E-state index in [4.69, 9.17) is 0 Å². The number of carbonyl (C=O) groups excluding carboxylic acids is 1. The van der Waals surface area contributed by atoms with Crippen molar-refractivity contribution in [3.8, 4) is 0 Å². The first-order valence-corrected chi connectivity index (χ1v) is 4.14. The molecule has 0 aromatic rings. The van der Waals surface area contributed by atoms with Gasteiger partial charge in [0.1, 0.15) is 5.54 Å². The van der Waals surface area contributed by atoms with Crippen molar-refractivity contribution in [3.63, 3.8) is 0 Å². The monoisotopic (exact) mass is 154 g/mol. The Kier molecular flexibility index (Phi) is 1.27. The summed E-state index contributed by atoms with van der Waals surface area (Å²) in [6.07, 6.45) is 2.24. The van der Waals surface area contributed by atoms with Gasteiger partial charge < -0.3 is 4.90 Å². The van der Waals surface area contributed by atoms with E-state index in [1.165, 1.54) is 6.42 Å². The molecule has 2 heterocycles. The average molecular weight is 154 g/mol. The number of hydrogen-bond donors (Lipinski definition) is 0. The van der Waals surface area contributed by atoms with Gasteiger partial charge in [0.05, 0.1) is 0 Å². The van der Waals surface area contributed by atoms with Crippen molar-refractivity contribution < 1.29 is 4.79 Å². The van der Waals surface area contributed by atoms with Crippen molar-refractivity contribution >= 4 is 5.91 Å². The molecule has 2 saturated heterocycles. The molecule has 11 heavy (non-hydrogen) atoms. The third-order valence-corrected chi connectivity index (χ3v) is 3.06. The number of likely N-dealkylation sites (tertiary alicyclic amines) is 2. The van der Waals surface area contributed by atoms with Crippen molar-refractivity contribution in [2.45, 2.75) is 18.4 Å². The van der Waals surface area contributed by atoms with Crippen LogP contribution in [0.3, 0.4) is 0 Å². The maximum Gasteiger partial charge on any atom is 0.244 e. The van der Waals surface area contributed by atoms with Gasteiger partial charge in [-0.05, 0) is 26.4 Å². The number of β-lactam (4-membered cyclic amide) rings is 1. The Morgan fingerprint density at radius 2 is 2.18 bits per heavy atom. The standard InChI is InChI=1S/C8H14N2O/c1-9-6-8(7(9)11)4-3-5-10(8)2/h3-6H2,1-2H3. The molecule has 2 aliphatic heterocycles. The Morgan fingerprint density at radius 1 is 1.45 bits per heavy atom. The van der Waals surface area contributed by atoms with Crippen LogP contribution in [0.25, 0.3) is 0 Å². The number of likely N-dealkylation sites (N-methyl/N-ethyl adjacent to an activating group) is 2. The van der Waals surface area contributed by atoms with Crippen LogP contribution in [0.5, 0.6) is 0 Å². The van der Waals surface area contributed by atoms with Crippen LogP contribution in [0.4, 0.5) is 0 Å². The summed E-state index contributed by atoms with van der Waals surface area (Å²) in [5.74, 6) is 0.317. The van der Waals surface area contributed by atoms with Gasteiger partial charge in [-0.25, -0.2) is 0 Å². The summed E-state index contributed by atoms with van der Waals surface area (Å²) in [5.41, 5.74) is -0.0747. The molecule has 1 amide bonds. The van der Waals surface area contributed by atoms with Crippen LogP contribution in [-0.2, 0) is 4.79 Å². The van der Waals surface area contributed by atoms with Gasteiger partial charge in [0.2, 0.25) is 5.91 Å². The molecule has 1 unspecified atom stereocenters. The molecule has 1 atom stereocenters. The molecule has 2 fully saturated rings. The summed E-state index contributed by atoms with van der Waals surface area (Å²) in [6.45, 7) is 2.02. The van der Waals surface area contributed by atoms with Crippen LogP contribution >= 0.6 is 0 Å². The second-order valence-corrected chi connectivity index (χ2v) is 3.72. The summed E-state index contributed by atoms with van der Waals surface area (Å²) in [6, 6.07) is 0. The fraction of sp³-hybridized carbons (Fsp3) is 0.875. The lowest BCUT2D eigenvalue weighted by molar-refractivity contribution is -0.157. The zero-order chi connectivity index (χ0) is 8.06. The van der Waals surface area contributed by atoms with Gasteiger partial charge >= 0.3 is 0 Å². The van der Waals surface area contributed by atoms with Crippen molar-refractivity contribution in [2.24, 2.45) is 0 Å². The Labute approximate surface area is 67.0 Å². The van der Waals surface area contributed by atoms with Crippen LogP contribution in [0.2, 0.25) is 0 Å².